The smallest absolute Gasteiger partial charge is 0.252 e. The molecule has 0 aliphatic rings. The molecule has 0 spiro atoms. The lowest BCUT2D eigenvalue weighted by Crippen LogP contribution is -2.42. The predicted molar refractivity (Wildman–Crippen MR) is 78.1 cm³/mol. The lowest BCUT2D eigenvalue weighted by Gasteiger charge is -2.20. The Hall–Kier alpha value is -2.39. The van der Waals surface area contributed by atoms with Gasteiger partial charge in [0.15, 0.2) is 0 Å². The van der Waals surface area contributed by atoms with Crippen molar-refractivity contribution in [2.45, 2.75) is 20.3 Å². The molecule has 0 radical (unpaired) electrons. The minimum atomic E-state index is -0.818. The van der Waals surface area contributed by atoms with Gasteiger partial charge >= 0.3 is 0 Å². The van der Waals surface area contributed by atoms with Crippen molar-refractivity contribution in [3.05, 3.63) is 29.6 Å². The summed E-state index contributed by atoms with van der Waals surface area (Å²) in [7, 11) is 0. The molecule has 6 nitrogen and oxygen atoms in total. The Balaban J connectivity index is 2.73. The summed E-state index contributed by atoms with van der Waals surface area (Å²) in [5.74, 6) is 4.73. The molecule has 6 heteroatoms. The van der Waals surface area contributed by atoms with Crippen molar-refractivity contribution >= 4 is 11.8 Å². The second-order valence-electron chi connectivity index (χ2n) is 5.17. The first kappa shape index (κ1) is 16.7. The molecule has 1 heterocycles. The topological polar surface area (TPSA) is 105 Å². The van der Waals surface area contributed by atoms with Gasteiger partial charge in [0.1, 0.15) is 0 Å². The third kappa shape index (κ3) is 5.24. The van der Waals surface area contributed by atoms with Gasteiger partial charge in [0.25, 0.3) is 5.91 Å². The van der Waals surface area contributed by atoms with Crippen LogP contribution in [0.3, 0.4) is 0 Å². The van der Waals surface area contributed by atoms with Gasteiger partial charge in [-0.3, -0.25) is 14.6 Å². The van der Waals surface area contributed by atoms with E-state index in [0.717, 1.165) is 0 Å². The largest absolute Gasteiger partial charge is 0.395 e. The van der Waals surface area contributed by atoms with Gasteiger partial charge in [-0.05, 0) is 19.9 Å². The maximum absolute atomic E-state index is 12.0. The average molecular weight is 289 g/mol. The summed E-state index contributed by atoms with van der Waals surface area (Å²) >= 11 is 0. The maximum atomic E-state index is 12.0. The van der Waals surface area contributed by atoms with Crippen LogP contribution in [0.2, 0.25) is 0 Å². The van der Waals surface area contributed by atoms with Gasteiger partial charge in [-0.1, -0.05) is 11.8 Å². The number of amides is 2. The first-order valence-corrected chi connectivity index (χ1v) is 6.49. The molecule has 1 aromatic rings. The third-order valence-corrected chi connectivity index (χ3v) is 2.83. The molecule has 1 aromatic heterocycles. The number of carbonyl (C=O) groups is 2. The van der Waals surface area contributed by atoms with E-state index < -0.39 is 11.3 Å². The molecule has 1 rings (SSSR count). The van der Waals surface area contributed by atoms with Crippen molar-refractivity contribution in [2.75, 3.05) is 13.2 Å². The number of primary amides is 1. The molecule has 0 saturated carbocycles. The zero-order valence-corrected chi connectivity index (χ0v) is 12.1. The third-order valence-electron chi connectivity index (χ3n) is 2.83. The fraction of sp³-hybridized carbons (Fsp3) is 0.400. The van der Waals surface area contributed by atoms with E-state index >= 15 is 0 Å². The van der Waals surface area contributed by atoms with Crippen molar-refractivity contribution in [2.24, 2.45) is 11.1 Å². The molecule has 0 fully saturated rings. The lowest BCUT2D eigenvalue weighted by molar-refractivity contribution is -0.125. The lowest BCUT2D eigenvalue weighted by atomic mass is 9.92. The van der Waals surface area contributed by atoms with Gasteiger partial charge in [0, 0.05) is 30.9 Å². The number of hydrogen-bond acceptors (Lipinski definition) is 4. The van der Waals surface area contributed by atoms with Crippen molar-refractivity contribution in [1.29, 1.82) is 0 Å². The van der Waals surface area contributed by atoms with Crippen LogP contribution in [0.5, 0.6) is 0 Å². The van der Waals surface area contributed by atoms with Gasteiger partial charge in [-0.15, -0.1) is 0 Å². The van der Waals surface area contributed by atoms with E-state index in [9.17, 15) is 9.59 Å². The molecule has 0 saturated heterocycles. The Kier molecular flexibility index (Phi) is 5.88. The van der Waals surface area contributed by atoms with Crippen molar-refractivity contribution < 1.29 is 14.7 Å². The van der Waals surface area contributed by atoms with E-state index in [1.807, 2.05) is 0 Å². The number of aromatic nitrogens is 1. The summed E-state index contributed by atoms with van der Waals surface area (Å²) in [5.41, 5.74) is 5.37. The van der Waals surface area contributed by atoms with E-state index in [-0.39, 0.29) is 19.1 Å². The van der Waals surface area contributed by atoms with Crippen molar-refractivity contribution in [3.63, 3.8) is 0 Å². The van der Waals surface area contributed by atoms with Gasteiger partial charge in [-0.2, -0.15) is 0 Å². The van der Waals surface area contributed by atoms with Crippen LogP contribution in [-0.4, -0.2) is 35.1 Å². The number of nitrogens with one attached hydrogen (secondary N) is 1. The first-order valence-electron chi connectivity index (χ1n) is 6.49. The Morgan fingerprint density at radius 3 is 2.76 bits per heavy atom. The zero-order chi connectivity index (χ0) is 15.9. The second-order valence-corrected chi connectivity index (χ2v) is 5.17. The fourth-order valence-electron chi connectivity index (χ4n) is 1.34. The van der Waals surface area contributed by atoms with Crippen molar-refractivity contribution in [3.8, 4) is 11.8 Å². The molecule has 4 N–H and O–H groups in total. The summed E-state index contributed by atoms with van der Waals surface area (Å²) in [5, 5.41) is 11.3. The molecule has 0 bridgehead atoms. The summed E-state index contributed by atoms with van der Waals surface area (Å²) in [6.45, 7) is 3.44. The van der Waals surface area contributed by atoms with Crippen LogP contribution in [-0.2, 0) is 4.79 Å². The number of hydrogen-bond donors (Lipinski definition) is 3. The number of nitrogens with two attached hydrogens (primary N) is 1. The van der Waals surface area contributed by atoms with E-state index in [4.69, 9.17) is 10.8 Å². The molecule has 0 aromatic carbocycles. The monoisotopic (exact) mass is 289 g/mol. The highest BCUT2D eigenvalue weighted by Gasteiger charge is 2.25. The zero-order valence-electron chi connectivity index (χ0n) is 12.1. The molecule has 0 atom stereocenters. The number of aliphatic hydroxyl groups excluding tert-OH is 1. The summed E-state index contributed by atoms with van der Waals surface area (Å²) in [4.78, 5) is 27.1. The molecule has 112 valence electrons. The summed E-state index contributed by atoms with van der Waals surface area (Å²) < 4.78 is 0. The van der Waals surface area contributed by atoms with Crippen LogP contribution in [0.15, 0.2) is 18.5 Å². The predicted octanol–water partition coefficient (Wildman–Crippen LogP) is 0.0568. The van der Waals surface area contributed by atoms with Crippen molar-refractivity contribution in [1.82, 2.24) is 10.3 Å². The Morgan fingerprint density at radius 2 is 2.14 bits per heavy atom. The standard InChI is InChI=1S/C15H19N3O3/c1-15(2,14(16)21)10-18-13(20)12-7-11(8-17-9-12)5-3-4-6-19/h7-9,19H,4,6,10H2,1-2H3,(H2,16,21)(H,18,20). The van der Waals surface area contributed by atoms with Crippen LogP contribution in [0, 0.1) is 17.3 Å². The number of carbonyl (C=O) groups excluding carboxylic acids is 2. The number of aliphatic hydroxyl groups is 1. The average Bonchev–Trinajstić information content (AvgIpc) is 2.45. The molecular formula is C15H19N3O3. The minimum Gasteiger partial charge on any atom is -0.395 e. The Morgan fingerprint density at radius 1 is 1.43 bits per heavy atom. The summed E-state index contributed by atoms with van der Waals surface area (Å²) in [6, 6.07) is 1.60. The van der Waals surface area contributed by atoms with E-state index in [1.54, 1.807) is 19.9 Å². The molecular weight excluding hydrogens is 270 g/mol. The van der Waals surface area contributed by atoms with Crippen LogP contribution in [0.1, 0.15) is 36.2 Å². The SMILES string of the molecule is CC(C)(CNC(=O)c1cncc(C#CCCO)c1)C(N)=O. The van der Waals surface area contributed by atoms with Crippen LogP contribution < -0.4 is 11.1 Å². The van der Waals surface area contributed by atoms with Gasteiger partial charge in [0.05, 0.1) is 17.6 Å². The molecule has 0 aliphatic heterocycles. The Labute approximate surface area is 123 Å². The number of pyridine rings is 1. The molecule has 2 amide bonds. The van der Waals surface area contributed by atoms with Crippen LogP contribution >= 0.6 is 0 Å². The first-order chi connectivity index (χ1) is 9.86. The number of rotatable bonds is 5. The van der Waals surface area contributed by atoms with E-state index in [1.165, 1.54) is 12.4 Å². The van der Waals surface area contributed by atoms with Gasteiger partial charge in [0.2, 0.25) is 5.91 Å². The Bertz CT molecular complexity index is 585. The number of nitrogens with zero attached hydrogens (tertiary/aromatic N) is 1. The molecule has 0 unspecified atom stereocenters. The van der Waals surface area contributed by atoms with Gasteiger partial charge in [-0.25, -0.2) is 0 Å². The van der Waals surface area contributed by atoms with Crippen LogP contribution in [0.25, 0.3) is 0 Å². The highest BCUT2D eigenvalue weighted by atomic mass is 16.2. The van der Waals surface area contributed by atoms with E-state index in [0.29, 0.717) is 17.5 Å². The summed E-state index contributed by atoms with van der Waals surface area (Å²) in [6.07, 6.45) is 3.32. The maximum Gasteiger partial charge on any atom is 0.252 e. The van der Waals surface area contributed by atoms with Gasteiger partial charge < -0.3 is 16.2 Å². The quantitative estimate of drug-likeness (QED) is 0.666. The molecule has 0 aliphatic carbocycles. The van der Waals surface area contributed by atoms with E-state index in [2.05, 4.69) is 22.1 Å². The minimum absolute atomic E-state index is 0.0111. The van der Waals surface area contributed by atoms with Crippen LogP contribution in [0.4, 0.5) is 0 Å². The normalized spacial score (nSPS) is 10.4. The highest BCUT2D eigenvalue weighted by Crippen LogP contribution is 2.12. The fourth-order valence-corrected chi connectivity index (χ4v) is 1.34. The highest BCUT2D eigenvalue weighted by molar-refractivity contribution is 5.94. The molecule has 21 heavy (non-hydrogen) atoms. The second kappa shape index (κ2) is 7.41.